The van der Waals surface area contributed by atoms with Crippen LogP contribution in [0.15, 0.2) is 93.2 Å². The molecule has 0 aromatic carbocycles. The van der Waals surface area contributed by atoms with Crippen molar-refractivity contribution in [1.29, 1.82) is 0 Å². The zero-order chi connectivity index (χ0) is 40.0. The summed E-state index contributed by atoms with van der Waals surface area (Å²) in [5.74, 6) is 3.10. The Balaban J connectivity index is -0.0000000959. The molecule has 20 radical (unpaired) electrons. The van der Waals surface area contributed by atoms with E-state index in [-0.39, 0.29) is 101 Å². The van der Waals surface area contributed by atoms with Gasteiger partial charge in [0.15, 0.2) is 22.8 Å². The van der Waals surface area contributed by atoms with Crippen molar-refractivity contribution in [3.05, 3.63) is 119 Å². The molecule has 4 nitrogen and oxygen atoms in total. The van der Waals surface area contributed by atoms with E-state index in [2.05, 4.69) is 111 Å². The third kappa shape index (κ3) is 19.1. The van der Waals surface area contributed by atoms with Gasteiger partial charge in [0.05, 0.1) is 93.2 Å². The van der Waals surface area contributed by atoms with Gasteiger partial charge in [-0.2, -0.15) is 0 Å². The molecule has 0 aromatic heterocycles. The van der Waals surface area contributed by atoms with E-state index >= 15 is 0 Å². The van der Waals surface area contributed by atoms with Crippen LogP contribution < -0.4 is 21.6 Å². The van der Waals surface area contributed by atoms with E-state index in [4.69, 9.17) is 0 Å². The predicted molar refractivity (Wildman–Crippen MR) is 261 cm³/mol. The van der Waals surface area contributed by atoms with Gasteiger partial charge in [-0.15, -0.1) is 21.6 Å². The molecule has 0 bridgehead atoms. The summed E-state index contributed by atoms with van der Waals surface area (Å²) >= 11 is 0. The van der Waals surface area contributed by atoms with Gasteiger partial charge in [0, 0.05) is 174 Å². The van der Waals surface area contributed by atoms with Gasteiger partial charge in [-0.3, -0.25) is 0 Å². The van der Waals surface area contributed by atoms with E-state index < -0.39 is 0 Å². The quantitative estimate of drug-likeness (QED) is 0.171. The fourth-order valence-corrected chi connectivity index (χ4v) is 6.05. The second kappa shape index (κ2) is 30.3. The Morgan fingerprint density at radius 2 is 0.357 bits per heavy atom. The Morgan fingerprint density at radius 1 is 0.268 bits per heavy atom. The van der Waals surface area contributed by atoms with E-state index in [1.165, 1.54) is 0 Å². The van der Waals surface area contributed by atoms with Crippen LogP contribution in [-0.2, 0) is 0 Å². The van der Waals surface area contributed by atoms with E-state index in [9.17, 15) is 21.6 Å². The molecule has 300 valence electrons. The van der Waals surface area contributed by atoms with Crippen LogP contribution in [-0.4, -0.2) is 118 Å². The first-order valence-corrected chi connectivity index (χ1v) is 19.4. The third-order valence-corrected chi connectivity index (χ3v) is 9.37. The van der Waals surface area contributed by atoms with Gasteiger partial charge in [-0.25, -0.2) is 0 Å². The zero-order valence-electron chi connectivity index (χ0n) is 37.3. The van der Waals surface area contributed by atoms with Crippen molar-refractivity contribution in [3.63, 3.8) is 0 Å². The number of rotatable bonds is 8. The second-order valence-corrected chi connectivity index (χ2v) is 16.4. The van der Waals surface area contributed by atoms with Gasteiger partial charge in [-0.1, -0.05) is 0 Å². The fraction of sp³-hybridized carbons (Fsp3) is 0.500. The molecule has 0 saturated heterocycles. The Kier molecular flexibility index (Phi) is 33.5. The zero-order valence-corrected chi connectivity index (χ0v) is 48.8. The summed E-state index contributed by atoms with van der Waals surface area (Å²) in [6.45, 7) is 33.5. The van der Waals surface area contributed by atoms with Crippen LogP contribution >= 0.6 is 0 Å². The normalized spacial score (nSPS) is 16.0. The minimum atomic E-state index is 0. The number of hydrogen-bond donors (Lipinski definition) is 0. The van der Waals surface area contributed by atoms with E-state index in [0.29, 0.717) is 70.2 Å². The minimum Gasteiger partial charge on any atom is -0.118 e. The van der Waals surface area contributed by atoms with Crippen LogP contribution in [0.25, 0.3) is 0 Å². The minimum absolute atomic E-state index is 0. The van der Waals surface area contributed by atoms with Gasteiger partial charge in [0.2, 0.25) is 0 Å². The fourth-order valence-electron chi connectivity index (χ4n) is 6.05. The van der Waals surface area contributed by atoms with Crippen molar-refractivity contribution in [2.45, 2.75) is 111 Å². The van der Waals surface area contributed by atoms with Gasteiger partial charge in [-0.05, 0) is 111 Å². The molecule has 0 amide bonds. The van der Waals surface area contributed by atoms with Crippen LogP contribution in [0.4, 0.5) is 0 Å². The molecule has 0 saturated carbocycles. The molecular formula is C48H76N4Sn4+4. The van der Waals surface area contributed by atoms with Gasteiger partial charge < -0.3 is 0 Å². The number of allylic oxidation sites excluding steroid dienone is 16. The summed E-state index contributed by atoms with van der Waals surface area (Å²) in [6, 6.07) is 0. The van der Waals surface area contributed by atoms with Crippen LogP contribution in [0.1, 0.15) is 116 Å². The Morgan fingerprint density at radius 3 is 0.429 bits per heavy atom. The summed E-state index contributed by atoms with van der Waals surface area (Å²) in [6.07, 6.45) is 24.0. The van der Waals surface area contributed by atoms with Crippen molar-refractivity contribution in [2.75, 3.05) is 0 Å². The molecule has 0 spiro atoms. The summed E-state index contributed by atoms with van der Waals surface area (Å²) in [4.78, 5) is 0. The SMILES string of the molecule is CC(C)C1=C[CH+]C=C(C(C)C)C1=[N].CC(C)C1=C[CH+]C=C(C(C)C)C1=[N].CC(C)C1=C[CH+]C=C(C(C)C)C1=[N].CC(C)C1=C[CH+]C=C(C(C)C)C1=[N].[HH].[HH].[HH].[HH].[Sn].[Sn].[Sn].[Sn]. The van der Waals surface area contributed by atoms with Crippen LogP contribution in [0.3, 0.4) is 0 Å². The van der Waals surface area contributed by atoms with Crippen molar-refractivity contribution < 1.29 is 5.71 Å². The molecule has 56 heavy (non-hydrogen) atoms. The molecule has 4 rings (SSSR count). The van der Waals surface area contributed by atoms with Crippen molar-refractivity contribution in [1.82, 2.24) is 21.6 Å². The maximum atomic E-state index is 9.93. The molecule has 0 aliphatic heterocycles. The monoisotopic (exact) mass is 1190 g/mol. The average molecular weight is 1180 g/mol. The number of hydrogen-bond acceptors (Lipinski definition) is 0. The topological polar surface area (TPSA) is 89.2 Å². The van der Waals surface area contributed by atoms with Crippen LogP contribution in [0.2, 0.25) is 0 Å². The van der Waals surface area contributed by atoms with E-state index in [1.54, 1.807) is 0 Å². The van der Waals surface area contributed by atoms with Crippen LogP contribution in [0.5, 0.6) is 0 Å². The molecule has 0 atom stereocenters. The number of nitrogens with zero attached hydrogens (tertiary/aromatic N) is 4. The van der Waals surface area contributed by atoms with Crippen molar-refractivity contribution >= 4 is 118 Å². The van der Waals surface area contributed by atoms with Crippen molar-refractivity contribution in [3.8, 4) is 0 Å². The summed E-state index contributed by atoms with van der Waals surface area (Å²) in [5.41, 5.74) is 10.3. The smallest absolute Gasteiger partial charge is 0.118 e. The Labute approximate surface area is 418 Å². The molecule has 0 aromatic rings. The average Bonchev–Trinajstić information content (AvgIpc) is 3.05. The maximum Gasteiger partial charge on any atom is 0.200 e. The standard InChI is InChI=1S/4C12H17N.4Sn.4H2/c4*1-8(2)10-6-5-7-11(9(3)4)12(10)13;;;;;;;;/h4*5-9H,1-4H3;;;;;4*1H/q4*+1;;;;;;;;. The molecule has 0 fully saturated rings. The first-order valence-electron chi connectivity index (χ1n) is 19.4. The third-order valence-electron chi connectivity index (χ3n) is 9.37. The molecule has 0 heterocycles. The van der Waals surface area contributed by atoms with E-state index in [1.807, 2.05) is 74.3 Å². The molecule has 4 aliphatic carbocycles. The summed E-state index contributed by atoms with van der Waals surface area (Å²) in [5, 5.41) is 39.7. The maximum absolute atomic E-state index is 9.93. The molecule has 4 aliphatic rings. The van der Waals surface area contributed by atoms with Crippen molar-refractivity contribution in [2.24, 2.45) is 47.3 Å². The van der Waals surface area contributed by atoms with Crippen LogP contribution in [0, 0.1) is 73.0 Å². The molecular weight excluding hydrogens is 1110 g/mol. The first-order chi connectivity index (χ1) is 24.1. The molecule has 0 N–H and O–H groups in total. The largest absolute Gasteiger partial charge is 0.200 e. The Hall–Kier alpha value is -0.725. The molecule has 0 unspecified atom stereocenters. The first kappa shape index (κ1) is 61.9. The predicted octanol–water partition coefficient (Wildman–Crippen LogP) is 9.90. The van der Waals surface area contributed by atoms with Gasteiger partial charge in [0.25, 0.3) is 0 Å². The Bertz CT molecular complexity index is 1240. The molecule has 8 heteroatoms. The van der Waals surface area contributed by atoms with Gasteiger partial charge in [0.1, 0.15) is 0 Å². The second-order valence-electron chi connectivity index (χ2n) is 16.4. The summed E-state index contributed by atoms with van der Waals surface area (Å²) in [7, 11) is 0. The van der Waals surface area contributed by atoms with E-state index in [0.717, 1.165) is 44.6 Å². The van der Waals surface area contributed by atoms with Gasteiger partial charge >= 0.3 is 0 Å². The summed E-state index contributed by atoms with van der Waals surface area (Å²) < 4.78 is 0.